The molecule has 7 nitrogen and oxygen atoms in total. The quantitative estimate of drug-likeness (QED) is 0.246. The van der Waals surface area contributed by atoms with Crippen LogP contribution in [0.5, 0.6) is 0 Å². The molecule has 0 aromatic rings. The molecule has 0 aromatic carbocycles. The molecule has 0 spiro atoms. The minimum atomic E-state index is 0.00497. The predicted octanol–water partition coefficient (Wildman–Crippen LogP) is 3.59. The first kappa shape index (κ1) is 20.3. The molecule has 136 valence electrons. The second-order valence-corrected chi connectivity index (χ2v) is 6.49. The van der Waals surface area contributed by atoms with E-state index in [1.165, 1.54) is 19.3 Å². The second-order valence-electron chi connectivity index (χ2n) is 6.49. The number of carbonyl (C=O) groups is 2. The topological polar surface area (TPSA) is 107 Å². The number of carbonyl (C=O) groups excluding carboxylic acids is 2. The molecule has 24 heavy (non-hydrogen) atoms. The van der Waals surface area contributed by atoms with E-state index in [1.54, 1.807) is 0 Å². The van der Waals surface area contributed by atoms with Crippen LogP contribution < -0.4 is 10.6 Å². The Morgan fingerprint density at radius 1 is 1.17 bits per heavy atom. The molecule has 1 fully saturated rings. The maximum atomic E-state index is 11.9. The van der Waals surface area contributed by atoms with Gasteiger partial charge < -0.3 is 10.6 Å². The molecule has 1 aliphatic rings. The number of azide groups is 1. The van der Waals surface area contributed by atoms with Crippen LogP contribution in [0, 0.1) is 0 Å². The minimum absolute atomic E-state index is 0.00497. The van der Waals surface area contributed by atoms with Crippen LogP contribution in [0.15, 0.2) is 5.11 Å². The molecule has 1 aliphatic heterocycles. The standard InChI is InChI=1S/C17H31N5O2/c18-22-20-13-8-6-4-2-1-3-5-7-11-16(23)21-15-10-9-12-19-17(24)14-15/h15H,1-14H2,(H,19,24)(H,21,23)/t15-/m0/s1. The molecular formula is C17H31N5O2. The van der Waals surface area contributed by atoms with E-state index < -0.39 is 0 Å². The summed E-state index contributed by atoms with van der Waals surface area (Å²) in [5.74, 6) is 0.116. The molecule has 2 amide bonds. The SMILES string of the molecule is [N-]=[N+]=NCCCCCCCCCCC(=O)N[C@H]1CCCNC(=O)C1. The number of nitrogens with one attached hydrogen (secondary N) is 2. The van der Waals surface area contributed by atoms with E-state index in [2.05, 4.69) is 20.7 Å². The molecule has 1 rings (SSSR count). The average Bonchev–Trinajstić information content (AvgIpc) is 2.76. The third-order valence-electron chi connectivity index (χ3n) is 4.32. The van der Waals surface area contributed by atoms with Crippen molar-refractivity contribution in [3.8, 4) is 0 Å². The molecule has 1 saturated heterocycles. The zero-order valence-corrected chi connectivity index (χ0v) is 14.6. The Morgan fingerprint density at radius 3 is 2.54 bits per heavy atom. The van der Waals surface area contributed by atoms with Crippen LogP contribution in [0.4, 0.5) is 0 Å². The largest absolute Gasteiger partial charge is 0.356 e. The second kappa shape index (κ2) is 13.7. The molecule has 0 aliphatic carbocycles. The van der Waals surface area contributed by atoms with Crippen molar-refractivity contribution in [1.29, 1.82) is 0 Å². The summed E-state index contributed by atoms with van der Waals surface area (Å²) < 4.78 is 0. The van der Waals surface area contributed by atoms with Crippen molar-refractivity contribution in [2.75, 3.05) is 13.1 Å². The van der Waals surface area contributed by atoms with Crippen molar-refractivity contribution in [1.82, 2.24) is 10.6 Å². The highest BCUT2D eigenvalue weighted by Crippen LogP contribution is 2.11. The lowest BCUT2D eigenvalue weighted by Gasteiger charge is -2.15. The van der Waals surface area contributed by atoms with Gasteiger partial charge in [0.2, 0.25) is 11.8 Å². The number of hydrogen-bond acceptors (Lipinski definition) is 3. The third-order valence-corrected chi connectivity index (χ3v) is 4.32. The number of amides is 2. The maximum Gasteiger partial charge on any atom is 0.222 e. The van der Waals surface area contributed by atoms with Crippen LogP contribution in [-0.2, 0) is 9.59 Å². The first-order valence-electron chi connectivity index (χ1n) is 9.29. The van der Waals surface area contributed by atoms with E-state index in [0.29, 0.717) is 19.4 Å². The van der Waals surface area contributed by atoms with Crippen molar-refractivity contribution in [2.24, 2.45) is 5.11 Å². The van der Waals surface area contributed by atoms with Crippen molar-refractivity contribution < 1.29 is 9.59 Å². The lowest BCUT2D eigenvalue weighted by Crippen LogP contribution is -2.36. The van der Waals surface area contributed by atoms with Gasteiger partial charge in [0.25, 0.3) is 0 Å². The van der Waals surface area contributed by atoms with Gasteiger partial charge in [0.1, 0.15) is 0 Å². The van der Waals surface area contributed by atoms with Crippen LogP contribution in [-0.4, -0.2) is 30.9 Å². The highest BCUT2D eigenvalue weighted by molar-refractivity contribution is 5.79. The summed E-state index contributed by atoms with van der Waals surface area (Å²) >= 11 is 0. The summed E-state index contributed by atoms with van der Waals surface area (Å²) in [5.41, 5.74) is 8.16. The Hall–Kier alpha value is -1.75. The highest BCUT2D eigenvalue weighted by Gasteiger charge is 2.18. The monoisotopic (exact) mass is 337 g/mol. The number of rotatable bonds is 12. The van der Waals surface area contributed by atoms with Gasteiger partial charge in [-0.15, -0.1) is 0 Å². The van der Waals surface area contributed by atoms with Gasteiger partial charge in [0.05, 0.1) is 0 Å². The van der Waals surface area contributed by atoms with Crippen LogP contribution in [0.2, 0.25) is 0 Å². The zero-order valence-electron chi connectivity index (χ0n) is 14.6. The average molecular weight is 337 g/mol. The predicted molar refractivity (Wildman–Crippen MR) is 94.4 cm³/mol. The molecular weight excluding hydrogens is 306 g/mol. The van der Waals surface area contributed by atoms with Crippen molar-refractivity contribution in [2.45, 2.75) is 83.1 Å². The molecule has 2 N–H and O–H groups in total. The lowest BCUT2D eigenvalue weighted by atomic mass is 10.1. The Kier molecular flexibility index (Phi) is 11.6. The molecule has 0 unspecified atom stereocenters. The molecule has 1 heterocycles. The third kappa shape index (κ3) is 10.9. The van der Waals surface area contributed by atoms with Gasteiger partial charge in [-0.2, -0.15) is 0 Å². The first-order chi connectivity index (χ1) is 11.7. The molecule has 7 heteroatoms. The highest BCUT2D eigenvalue weighted by atomic mass is 16.2. The summed E-state index contributed by atoms with van der Waals surface area (Å²) in [4.78, 5) is 26.1. The lowest BCUT2D eigenvalue weighted by molar-refractivity contribution is -0.123. The molecule has 1 atom stereocenters. The normalized spacial score (nSPS) is 17.5. The van der Waals surface area contributed by atoms with E-state index in [1.807, 2.05) is 0 Å². The van der Waals surface area contributed by atoms with Gasteiger partial charge in [0.15, 0.2) is 0 Å². The van der Waals surface area contributed by atoms with Crippen LogP contribution >= 0.6 is 0 Å². The minimum Gasteiger partial charge on any atom is -0.356 e. The Balaban J connectivity index is 1.92. The molecule has 0 radical (unpaired) electrons. The Bertz CT molecular complexity index is 421. The summed E-state index contributed by atoms with van der Waals surface area (Å²) in [7, 11) is 0. The number of nitrogens with zero attached hydrogens (tertiary/aromatic N) is 3. The summed E-state index contributed by atoms with van der Waals surface area (Å²) in [5, 5.41) is 9.34. The molecule has 0 bridgehead atoms. The van der Waals surface area contributed by atoms with E-state index in [9.17, 15) is 9.59 Å². The van der Waals surface area contributed by atoms with Crippen molar-refractivity contribution in [3.05, 3.63) is 10.4 Å². The van der Waals surface area contributed by atoms with Crippen LogP contribution in [0.25, 0.3) is 10.4 Å². The first-order valence-corrected chi connectivity index (χ1v) is 9.29. The smallest absolute Gasteiger partial charge is 0.222 e. The molecule has 0 saturated carbocycles. The Labute approximate surface area is 144 Å². The van der Waals surface area contributed by atoms with Crippen molar-refractivity contribution in [3.63, 3.8) is 0 Å². The van der Waals surface area contributed by atoms with Gasteiger partial charge in [-0.1, -0.05) is 43.6 Å². The van der Waals surface area contributed by atoms with Gasteiger partial charge in [0, 0.05) is 36.9 Å². The van der Waals surface area contributed by atoms with E-state index >= 15 is 0 Å². The number of unbranched alkanes of at least 4 members (excludes halogenated alkanes) is 7. The summed E-state index contributed by atoms with van der Waals surface area (Å²) in [6.07, 6.45) is 11.6. The van der Waals surface area contributed by atoms with E-state index in [4.69, 9.17) is 5.53 Å². The van der Waals surface area contributed by atoms with E-state index in [-0.39, 0.29) is 17.9 Å². The van der Waals surface area contributed by atoms with Crippen LogP contribution in [0.1, 0.15) is 77.0 Å². The van der Waals surface area contributed by atoms with Crippen molar-refractivity contribution >= 4 is 11.8 Å². The zero-order chi connectivity index (χ0) is 17.5. The van der Waals surface area contributed by atoms with Gasteiger partial charge in [-0.25, -0.2) is 0 Å². The van der Waals surface area contributed by atoms with Gasteiger partial charge in [-0.3, -0.25) is 9.59 Å². The summed E-state index contributed by atoms with van der Waals surface area (Å²) in [6.45, 7) is 1.32. The maximum absolute atomic E-state index is 11.9. The van der Waals surface area contributed by atoms with Gasteiger partial charge >= 0.3 is 0 Å². The summed E-state index contributed by atoms with van der Waals surface area (Å²) in [6, 6.07) is 0.00497. The van der Waals surface area contributed by atoms with Gasteiger partial charge in [-0.05, 0) is 31.2 Å². The van der Waals surface area contributed by atoms with E-state index in [0.717, 1.165) is 51.5 Å². The fourth-order valence-corrected chi connectivity index (χ4v) is 2.97. The number of hydrogen-bond donors (Lipinski definition) is 2. The molecule has 0 aromatic heterocycles. The fraction of sp³-hybridized carbons (Fsp3) is 0.882. The Morgan fingerprint density at radius 2 is 1.83 bits per heavy atom. The van der Waals surface area contributed by atoms with Crippen LogP contribution in [0.3, 0.4) is 0 Å². The fourth-order valence-electron chi connectivity index (χ4n) is 2.97.